The summed E-state index contributed by atoms with van der Waals surface area (Å²) in [5.41, 5.74) is 5.86. The van der Waals surface area contributed by atoms with Gasteiger partial charge in [-0.05, 0) is 25.0 Å². The quantitative estimate of drug-likeness (QED) is 0.250. The van der Waals surface area contributed by atoms with E-state index < -0.39 is 31.5 Å². The molecule has 27 heavy (non-hydrogen) atoms. The summed E-state index contributed by atoms with van der Waals surface area (Å²) in [5.74, 6) is -0.0267. The highest BCUT2D eigenvalue weighted by Crippen LogP contribution is 2.63. The highest BCUT2D eigenvalue weighted by Gasteiger charge is 2.65. The number of hydrogen-bond acceptors (Lipinski definition) is 9. The van der Waals surface area contributed by atoms with Crippen molar-refractivity contribution in [1.82, 2.24) is 19.5 Å². The summed E-state index contributed by atoms with van der Waals surface area (Å²) in [6.07, 6.45) is 2.11. The SMILES string of the molecule is CSc1nc(N)c2ncn([C@H]3[C@H](O)[C@H](O)[C@]4(COP(=O)(O)O)CC[C@H]34)c2n1. The van der Waals surface area contributed by atoms with Gasteiger partial charge in [0.05, 0.1) is 25.1 Å². The number of fused-ring (bicyclic) bond motifs is 2. The Morgan fingerprint density at radius 2 is 2.19 bits per heavy atom. The van der Waals surface area contributed by atoms with Crippen molar-refractivity contribution >= 4 is 36.6 Å². The molecular weight excluding hydrogens is 397 g/mol. The maximum Gasteiger partial charge on any atom is 0.469 e. The third-order valence-electron chi connectivity index (χ3n) is 5.77. The van der Waals surface area contributed by atoms with Crippen LogP contribution in [0.5, 0.6) is 0 Å². The van der Waals surface area contributed by atoms with Gasteiger partial charge in [0.25, 0.3) is 0 Å². The third kappa shape index (κ3) is 2.87. The van der Waals surface area contributed by atoms with Crippen molar-refractivity contribution in [2.45, 2.75) is 36.2 Å². The number of nitrogens with zero attached hydrogens (tertiary/aromatic N) is 4. The molecule has 0 bridgehead atoms. The van der Waals surface area contributed by atoms with Crippen molar-refractivity contribution < 1.29 is 29.1 Å². The lowest BCUT2D eigenvalue weighted by atomic mass is 9.60. The van der Waals surface area contributed by atoms with E-state index in [0.29, 0.717) is 29.2 Å². The van der Waals surface area contributed by atoms with Gasteiger partial charge in [0.1, 0.15) is 11.6 Å². The van der Waals surface area contributed by atoms with Gasteiger partial charge in [0, 0.05) is 5.41 Å². The largest absolute Gasteiger partial charge is 0.469 e. The molecule has 0 radical (unpaired) electrons. The van der Waals surface area contributed by atoms with Crippen molar-refractivity contribution in [3.63, 3.8) is 0 Å². The highest BCUT2D eigenvalue weighted by atomic mass is 32.2. The van der Waals surface area contributed by atoms with E-state index in [-0.39, 0.29) is 18.3 Å². The molecule has 2 saturated carbocycles. The predicted molar refractivity (Wildman–Crippen MR) is 95.7 cm³/mol. The minimum Gasteiger partial charge on any atom is -0.390 e. The number of aliphatic hydroxyl groups is 2. The van der Waals surface area contributed by atoms with E-state index in [1.54, 1.807) is 4.57 Å². The normalized spacial score (nSPS) is 33.2. The lowest BCUT2D eigenvalue weighted by molar-refractivity contribution is -0.0969. The van der Waals surface area contributed by atoms with Crippen LogP contribution in [-0.4, -0.2) is 64.6 Å². The Hall–Kier alpha value is -1.27. The number of thioether (sulfide) groups is 1. The van der Waals surface area contributed by atoms with E-state index >= 15 is 0 Å². The zero-order valence-electron chi connectivity index (χ0n) is 14.3. The highest BCUT2D eigenvalue weighted by molar-refractivity contribution is 7.98. The summed E-state index contributed by atoms with van der Waals surface area (Å²) in [6.45, 7) is -0.337. The molecule has 0 amide bonds. The Balaban J connectivity index is 1.74. The van der Waals surface area contributed by atoms with Crippen LogP contribution in [-0.2, 0) is 9.09 Å². The molecule has 0 saturated heterocycles. The molecular formula is C14H20N5O6PS. The van der Waals surface area contributed by atoms with Crippen LogP contribution in [0, 0.1) is 11.3 Å². The summed E-state index contributed by atoms with van der Waals surface area (Å²) in [4.78, 5) is 30.9. The molecule has 4 rings (SSSR count). The van der Waals surface area contributed by atoms with Crippen LogP contribution in [0.4, 0.5) is 5.82 Å². The molecule has 0 aromatic carbocycles. The van der Waals surface area contributed by atoms with E-state index in [1.807, 2.05) is 6.26 Å². The molecule has 0 spiro atoms. The molecule has 2 aromatic rings. The number of imidazole rings is 1. The molecule has 0 aliphatic heterocycles. The fourth-order valence-corrected chi connectivity index (χ4v) is 5.15. The molecule has 5 atom stereocenters. The number of phosphoric acid groups is 1. The average Bonchev–Trinajstić information content (AvgIpc) is 3.05. The van der Waals surface area contributed by atoms with E-state index in [2.05, 4.69) is 19.5 Å². The van der Waals surface area contributed by atoms with Crippen LogP contribution in [0.1, 0.15) is 18.9 Å². The van der Waals surface area contributed by atoms with Gasteiger partial charge in [-0.1, -0.05) is 11.8 Å². The molecule has 148 valence electrons. The summed E-state index contributed by atoms with van der Waals surface area (Å²) in [6, 6.07) is -0.567. The van der Waals surface area contributed by atoms with E-state index in [9.17, 15) is 14.8 Å². The summed E-state index contributed by atoms with van der Waals surface area (Å²) < 4.78 is 17.5. The number of aliphatic hydroxyl groups excluding tert-OH is 2. The number of rotatable bonds is 5. The standard InChI is InChI=1S/C14H20N5O6PS/c1-27-13-17-11(15)7-12(18-13)19(5-16-7)8-6-2-3-14(6,10(21)9(8)20)4-25-26(22,23)24/h5-6,8-10,20-21H,2-4H2,1H3,(H2,15,17,18)(H2,22,23,24)/t6-,8-,9+,10+,14+/m1/s1. The van der Waals surface area contributed by atoms with Crippen LogP contribution in [0.2, 0.25) is 0 Å². The number of anilines is 1. The van der Waals surface area contributed by atoms with E-state index in [0.717, 1.165) is 0 Å². The van der Waals surface area contributed by atoms with Gasteiger partial charge in [-0.3, -0.25) is 4.52 Å². The molecule has 2 aromatic heterocycles. The minimum absolute atomic E-state index is 0.223. The summed E-state index contributed by atoms with van der Waals surface area (Å²) in [5, 5.41) is 21.8. The molecule has 2 aliphatic rings. The molecule has 2 heterocycles. The fraction of sp³-hybridized carbons (Fsp3) is 0.643. The molecule has 13 heteroatoms. The van der Waals surface area contributed by atoms with Gasteiger partial charge in [-0.25, -0.2) is 19.5 Å². The van der Waals surface area contributed by atoms with Crippen LogP contribution < -0.4 is 5.73 Å². The van der Waals surface area contributed by atoms with Gasteiger partial charge >= 0.3 is 7.82 Å². The molecule has 2 fully saturated rings. The average molecular weight is 417 g/mol. The first-order valence-electron chi connectivity index (χ1n) is 8.28. The number of nitrogen functional groups attached to an aromatic ring is 1. The molecule has 11 nitrogen and oxygen atoms in total. The lowest BCUT2D eigenvalue weighted by Gasteiger charge is -2.47. The summed E-state index contributed by atoms with van der Waals surface area (Å²) >= 11 is 1.32. The number of aromatic nitrogens is 4. The first-order valence-corrected chi connectivity index (χ1v) is 11.0. The first kappa shape index (κ1) is 19.1. The second-order valence-electron chi connectivity index (χ2n) is 6.99. The van der Waals surface area contributed by atoms with Gasteiger partial charge in [0.2, 0.25) is 0 Å². The topological polar surface area (TPSA) is 177 Å². The maximum absolute atomic E-state index is 11.1. The number of phosphoric ester groups is 1. The van der Waals surface area contributed by atoms with Crippen molar-refractivity contribution in [3.05, 3.63) is 6.33 Å². The second kappa shape index (κ2) is 6.38. The van der Waals surface area contributed by atoms with Crippen LogP contribution >= 0.6 is 19.6 Å². The smallest absolute Gasteiger partial charge is 0.390 e. The molecule has 0 unspecified atom stereocenters. The summed E-state index contributed by atoms with van der Waals surface area (Å²) in [7, 11) is -4.69. The van der Waals surface area contributed by atoms with Crippen molar-refractivity contribution in [2.75, 3.05) is 18.6 Å². The van der Waals surface area contributed by atoms with Crippen LogP contribution in [0.15, 0.2) is 11.5 Å². The Morgan fingerprint density at radius 1 is 1.44 bits per heavy atom. The molecule has 2 aliphatic carbocycles. The Labute approximate surface area is 158 Å². The predicted octanol–water partition coefficient (Wildman–Crippen LogP) is -0.0874. The Kier molecular flexibility index (Phi) is 4.50. The van der Waals surface area contributed by atoms with Crippen molar-refractivity contribution in [3.8, 4) is 0 Å². The zero-order chi connectivity index (χ0) is 19.6. The molecule has 6 N–H and O–H groups in total. The third-order valence-corrected chi connectivity index (χ3v) is 6.78. The number of nitrogens with two attached hydrogens (primary N) is 1. The monoisotopic (exact) mass is 417 g/mol. The fourth-order valence-electron chi connectivity index (χ4n) is 4.38. The van der Waals surface area contributed by atoms with Crippen LogP contribution in [0.3, 0.4) is 0 Å². The van der Waals surface area contributed by atoms with Gasteiger partial charge in [-0.2, -0.15) is 0 Å². The maximum atomic E-state index is 11.1. The van der Waals surface area contributed by atoms with Gasteiger partial charge < -0.3 is 30.3 Å². The van der Waals surface area contributed by atoms with E-state index in [4.69, 9.17) is 15.5 Å². The van der Waals surface area contributed by atoms with E-state index in [1.165, 1.54) is 18.1 Å². The van der Waals surface area contributed by atoms with Gasteiger partial charge in [-0.15, -0.1) is 0 Å². The van der Waals surface area contributed by atoms with Gasteiger partial charge in [0.15, 0.2) is 16.6 Å². The Morgan fingerprint density at radius 3 is 2.78 bits per heavy atom. The Bertz CT molecular complexity index is 936. The zero-order valence-corrected chi connectivity index (χ0v) is 16.0. The minimum atomic E-state index is -4.69. The number of hydrogen-bond donors (Lipinski definition) is 5. The van der Waals surface area contributed by atoms with Crippen molar-refractivity contribution in [2.24, 2.45) is 11.3 Å². The lowest BCUT2D eigenvalue weighted by Crippen LogP contribution is -2.49. The van der Waals surface area contributed by atoms with Crippen LogP contribution in [0.25, 0.3) is 11.2 Å². The second-order valence-corrected chi connectivity index (χ2v) is 9.00. The first-order chi connectivity index (χ1) is 12.7. The van der Waals surface area contributed by atoms with Crippen molar-refractivity contribution in [1.29, 1.82) is 0 Å².